The molecule has 0 radical (unpaired) electrons. The van der Waals surface area contributed by atoms with Gasteiger partial charge >= 0.3 is 5.97 Å². The van der Waals surface area contributed by atoms with Crippen LogP contribution >= 0.6 is 0 Å². The first-order valence-electron chi connectivity index (χ1n) is 6.52. The van der Waals surface area contributed by atoms with E-state index in [-0.39, 0.29) is 11.9 Å². The number of carboxylic acids is 1. The van der Waals surface area contributed by atoms with E-state index in [0.29, 0.717) is 24.4 Å². The van der Waals surface area contributed by atoms with Crippen molar-refractivity contribution in [2.75, 3.05) is 11.4 Å². The molecule has 0 spiro atoms. The smallest absolute Gasteiger partial charge is 0.326 e. The van der Waals surface area contributed by atoms with Crippen molar-refractivity contribution >= 4 is 11.7 Å². The average molecular weight is 267 g/mol. The first-order valence-corrected chi connectivity index (χ1v) is 6.52. The van der Waals surface area contributed by atoms with E-state index in [0.717, 1.165) is 6.42 Å². The van der Waals surface area contributed by atoms with Gasteiger partial charge in [0.1, 0.15) is 23.7 Å². The number of hydrogen-bond donors (Lipinski definition) is 1. The number of ether oxygens (including phenoxy) is 1. The Morgan fingerprint density at radius 2 is 2.32 bits per heavy atom. The molecule has 0 aliphatic carbocycles. The summed E-state index contributed by atoms with van der Waals surface area (Å²) in [6.45, 7) is 4.27. The third kappa shape index (κ3) is 2.64. The van der Waals surface area contributed by atoms with E-state index in [9.17, 15) is 14.3 Å². The van der Waals surface area contributed by atoms with E-state index in [2.05, 4.69) is 0 Å². The Kier molecular flexibility index (Phi) is 3.93. The van der Waals surface area contributed by atoms with E-state index in [1.54, 1.807) is 11.0 Å². The number of carbonyl (C=O) groups is 1. The molecule has 1 N–H and O–H groups in total. The number of fused-ring (bicyclic) bond motifs is 1. The van der Waals surface area contributed by atoms with Gasteiger partial charge in [0.05, 0.1) is 12.2 Å². The van der Waals surface area contributed by atoms with Crippen LogP contribution in [-0.2, 0) is 4.79 Å². The minimum atomic E-state index is -0.894. The van der Waals surface area contributed by atoms with E-state index < -0.39 is 12.0 Å². The van der Waals surface area contributed by atoms with Gasteiger partial charge in [-0.1, -0.05) is 13.8 Å². The van der Waals surface area contributed by atoms with Gasteiger partial charge in [-0.2, -0.15) is 0 Å². The molecule has 0 bridgehead atoms. The Morgan fingerprint density at radius 1 is 1.58 bits per heavy atom. The van der Waals surface area contributed by atoms with Crippen molar-refractivity contribution in [3.8, 4) is 5.75 Å². The normalized spacial score (nSPS) is 19.5. The van der Waals surface area contributed by atoms with Crippen molar-refractivity contribution in [3.05, 3.63) is 24.0 Å². The minimum Gasteiger partial charge on any atom is -0.486 e. The van der Waals surface area contributed by atoms with Crippen molar-refractivity contribution in [2.45, 2.75) is 38.8 Å². The van der Waals surface area contributed by atoms with Gasteiger partial charge in [0, 0.05) is 6.07 Å². The van der Waals surface area contributed by atoms with E-state index in [1.807, 2.05) is 13.8 Å². The Morgan fingerprint density at radius 3 is 2.89 bits per heavy atom. The number of benzene rings is 1. The van der Waals surface area contributed by atoms with Crippen LogP contribution in [0, 0.1) is 5.82 Å². The lowest BCUT2D eigenvalue weighted by molar-refractivity contribution is -0.138. The van der Waals surface area contributed by atoms with E-state index in [4.69, 9.17) is 4.74 Å². The molecule has 2 atom stereocenters. The van der Waals surface area contributed by atoms with Crippen LogP contribution < -0.4 is 9.64 Å². The molecular formula is C14H18FNO3. The van der Waals surface area contributed by atoms with Crippen LogP contribution in [0.2, 0.25) is 0 Å². The highest BCUT2D eigenvalue weighted by Gasteiger charge is 2.32. The van der Waals surface area contributed by atoms with Crippen molar-refractivity contribution in [2.24, 2.45) is 0 Å². The monoisotopic (exact) mass is 267 g/mol. The lowest BCUT2D eigenvalue weighted by atomic mass is 10.1. The standard InChI is InChI=1S/C14H18FNO3/c1-3-10-8-16(11(4-2)14(17)18)12-7-9(15)5-6-13(12)19-10/h5-7,10-11H,3-4,8H2,1-2H3,(H,17,18). The second-order valence-corrected chi connectivity index (χ2v) is 4.67. The number of aliphatic carboxylic acids is 1. The Bertz CT molecular complexity index is 478. The fourth-order valence-electron chi connectivity index (χ4n) is 2.39. The van der Waals surface area contributed by atoms with Gasteiger partial charge in [-0.3, -0.25) is 0 Å². The molecule has 4 nitrogen and oxygen atoms in total. The number of rotatable bonds is 4. The number of hydrogen-bond acceptors (Lipinski definition) is 3. The van der Waals surface area contributed by atoms with Crippen molar-refractivity contribution in [1.29, 1.82) is 0 Å². The van der Waals surface area contributed by atoms with Crippen LogP contribution in [0.5, 0.6) is 5.75 Å². The summed E-state index contributed by atoms with van der Waals surface area (Å²) in [7, 11) is 0. The van der Waals surface area contributed by atoms with Crippen LogP contribution in [0.3, 0.4) is 0 Å². The van der Waals surface area contributed by atoms with E-state index in [1.165, 1.54) is 12.1 Å². The second kappa shape index (κ2) is 5.47. The molecule has 19 heavy (non-hydrogen) atoms. The fourth-order valence-corrected chi connectivity index (χ4v) is 2.39. The highest BCUT2D eigenvalue weighted by atomic mass is 19.1. The zero-order valence-corrected chi connectivity index (χ0v) is 11.1. The molecule has 1 heterocycles. The maximum Gasteiger partial charge on any atom is 0.326 e. The Labute approximate surface area is 111 Å². The minimum absolute atomic E-state index is 0.0636. The molecule has 2 unspecified atom stereocenters. The van der Waals surface area contributed by atoms with Crippen molar-refractivity contribution < 1.29 is 19.0 Å². The molecule has 0 fully saturated rings. The first-order chi connectivity index (χ1) is 9.06. The lowest BCUT2D eigenvalue weighted by Gasteiger charge is -2.39. The predicted octanol–water partition coefficient (Wildman–Crippen LogP) is 2.67. The summed E-state index contributed by atoms with van der Waals surface area (Å²) in [6.07, 6.45) is 1.18. The van der Waals surface area contributed by atoms with Crippen LogP contribution in [0.25, 0.3) is 0 Å². The molecule has 0 saturated carbocycles. The molecule has 104 valence electrons. The first kappa shape index (κ1) is 13.6. The van der Waals surface area contributed by atoms with Gasteiger partial charge in [-0.25, -0.2) is 9.18 Å². The quantitative estimate of drug-likeness (QED) is 0.911. The molecule has 2 rings (SSSR count). The molecule has 5 heteroatoms. The maximum atomic E-state index is 13.4. The third-order valence-corrected chi connectivity index (χ3v) is 3.43. The van der Waals surface area contributed by atoms with Crippen molar-refractivity contribution in [3.63, 3.8) is 0 Å². The molecule has 1 aliphatic rings. The maximum absolute atomic E-state index is 13.4. The van der Waals surface area contributed by atoms with Gasteiger partial charge in [-0.05, 0) is 25.0 Å². The van der Waals surface area contributed by atoms with Gasteiger partial charge in [0.15, 0.2) is 0 Å². The summed E-state index contributed by atoms with van der Waals surface area (Å²) in [4.78, 5) is 13.1. The van der Waals surface area contributed by atoms with Crippen LogP contribution in [0.15, 0.2) is 18.2 Å². The number of nitrogens with zero attached hydrogens (tertiary/aromatic N) is 1. The molecule has 0 amide bonds. The van der Waals surface area contributed by atoms with Crippen LogP contribution in [0.1, 0.15) is 26.7 Å². The van der Waals surface area contributed by atoms with Crippen molar-refractivity contribution in [1.82, 2.24) is 0 Å². The summed E-state index contributed by atoms with van der Waals surface area (Å²) >= 11 is 0. The van der Waals surface area contributed by atoms with Crippen LogP contribution in [-0.4, -0.2) is 29.8 Å². The fraction of sp³-hybridized carbons (Fsp3) is 0.500. The van der Waals surface area contributed by atoms with E-state index >= 15 is 0 Å². The highest BCUT2D eigenvalue weighted by Crippen LogP contribution is 2.36. The van der Waals surface area contributed by atoms with Gasteiger partial charge in [0.2, 0.25) is 0 Å². The molecule has 0 saturated heterocycles. The number of halogens is 1. The number of carboxylic acid groups (broad SMARTS) is 1. The second-order valence-electron chi connectivity index (χ2n) is 4.67. The average Bonchev–Trinajstić information content (AvgIpc) is 2.39. The SMILES string of the molecule is CCC1CN(C(CC)C(=O)O)c2cc(F)ccc2O1. The zero-order chi connectivity index (χ0) is 14.0. The molecule has 1 aromatic rings. The van der Waals surface area contributed by atoms with Gasteiger partial charge < -0.3 is 14.7 Å². The highest BCUT2D eigenvalue weighted by molar-refractivity contribution is 5.79. The molecule has 0 aromatic heterocycles. The lowest BCUT2D eigenvalue weighted by Crippen LogP contribution is -2.48. The summed E-state index contributed by atoms with van der Waals surface area (Å²) in [5.41, 5.74) is 0.527. The summed E-state index contributed by atoms with van der Waals surface area (Å²) < 4.78 is 19.1. The predicted molar refractivity (Wildman–Crippen MR) is 70.2 cm³/mol. The summed E-state index contributed by atoms with van der Waals surface area (Å²) in [5, 5.41) is 9.30. The molecule has 1 aliphatic heterocycles. The topological polar surface area (TPSA) is 49.8 Å². The zero-order valence-electron chi connectivity index (χ0n) is 11.1. The molecule has 1 aromatic carbocycles. The molecular weight excluding hydrogens is 249 g/mol. The Hall–Kier alpha value is -1.78. The van der Waals surface area contributed by atoms with Gasteiger partial charge in [0.25, 0.3) is 0 Å². The summed E-state index contributed by atoms with van der Waals surface area (Å²) in [5.74, 6) is -0.726. The largest absolute Gasteiger partial charge is 0.486 e. The third-order valence-electron chi connectivity index (χ3n) is 3.43. The summed E-state index contributed by atoms with van der Waals surface area (Å²) in [6, 6.07) is 3.58. The number of anilines is 1. The Balaban J connectivity index is 2.42. The van der Waals surface area contributed by atoms with Crippen LogP contribution in [0.4, 0.5) is 10.1 Å². The van der Waals surface area contributed by atoms with Gasteiger partial charge in [-0.15, -0.1) is 0 Å².